The van der Waals surface area contributed by atoms with Gasteiger partial charge >= 0.3 is 29.8 Å². The zero-order valence-electron chi connectivity index (χ0n) is 49.0. The largest absolute Gasteiger partial charge is 0.465 e. The zero-order valence-corrected chi connectivity index (χ0v) is 49.0. The Bertz CT molecular complexity index is 1250. The lowest BCUT2D eigenvalue weighted by atomic mass is 10.0. The lowest BCUT2D eigenvalue weighted by Crippen LogP contribution is -2.47. The molecular formula is C62H116N2O11. The number of aliphatic hydroxyl groups is 1. The standard InChI is InChI=1S/C62H116N2O11/c1-5-9-13-17-21-26-36-56(37-27-22-18-14-10-6-2)74-61(69)43-33-31-41-59(67)72-53-55(52-71-58(66)40-30-25-35-45-63-46-48-64(49-47-63)50-51-65)54-73-60(68)42-32-34-44-62(70)75-57(38-28-23-19-15-11-7-3)39-29-24-20-16-12-8-4/h55-57,65H,5-54H2,1-4H3. The number of hydrogen-bond donors (Lipinski definition) is 1. The summed E-state index contributed by atoms with van der Waals surface area (Å²) in [6.07, 6.45) is 38.1. The van der Waals surface area contributed by atoms with Gasteiger partial charge in [0, 0.05) is 64.8 Å². The molecule has 1 fully saturated rings. The van der Waals surface area contributed by atoms with Gasteiger partial charge in [0.15, 0.2) is 0 Å². The number of carbonyl (C=O) groups excluding carboxylic acids is 5. The molecule has 13 heteroatoms. The van der Waals surface area contributed by atoms with Gasteiger partial charge < -0.3 is 33.7 Å². The molecule has 0 spiro atoms. The summed E-state index contributed by atoms with van der Waals surface area (Å²) in [4.78, 5) is 69.2. The smallest absolute Gasteiger partial charge is 0.306 e. The van der Waals surface area contributed by atoms with Crippen LogP contribution >= 0.6 is 0 Å². The summed E-state index contributed by atoms with van der Waals surface area (Å²) in [7, 11) is 0. The fraction of sp³-hybridized carbons (Fsp3) is 0.919. The summed E-state index contributed by atoms with van der Waals surface area (Å²) in [5.41, 5.74) is 0. The summed E-state index contributed by atoms with van der Waals surface area (Å²) in [5.74, 6) is -2.11. The van der Waals surface area contributed by atoms with Crippen molar-refractivity contribution < 1.29 is 52.8 Å². The molecule has 0 amide bonds. The first kappa shape index (κ1) is 70.2. The molecule has 0 aromatic rings. The van der Waals surface area contributed by atoms with E-state index in [1.165, 1.54) is 128 Å². The Labute approximate surface area is 459 Å². The minimum atomic E-state index is -0.540. The topological polar surface area (TPSA) is 158 Å². The first-order chi connectivity index (χ1) is 36.6. The Kier molecular flexibility index (Phi) is 48.7. The van der Waals surface area contributed by atoms with Crippen molar-refractivity contribution in [1.82, 2.24) is 9.80 Å². The van der Waals surface area contributed by atoms with E-state index in [0.717, 1.165) is 103 Å². The molecule has 1 N–H and O–H groups in total. The number of aliphatic hydroxyl groups excluding tert-OH is 1. The number of piperazine rings is 1. The number of unbranched alkanes of at least 4 members (excludes halogenated alkanes) is 24. The number of hydrogen-bond acceptors (Lipinski definition) is 13. The molecule has 0 aromatic heterocycles. The van der Waals surface area contributed by atoms with Gasteiger partial charge in [0.05, 0.1) is 12.5 Å². The quantitative estimate of drug-likeness (QED) is 0.0349. The minimum absolute atomic E-state index is 0.0454. The van der Waals surface area contributed by atoms with Gasteiger partial charge in [-0.15, -0.1) is 0 Å². The third kappa shape index (κ3) is 44.9. The molecule has 1 aliphatic heterocycles. The Morgan fingerprint density at radius 1 is 0.347 bits per heavy atom. The fourth-order valence-corrected chi connectivity index (χ4v) is 9.85. The van der Waals surface area contributed by atoms with Crippen molar-refractivity contribution in [2.24, 2.45) is 5.92 Å². The first-order valence-electron chi connectivity index (χ1n) is 31.5. The highest BCUT2D eigenvalue weighted by Crippen LogP contribution is 2.21. The van der Waals surface area contributed by atoms with Crippen LogP contribution in [-0.2, 0) is 47.7 Å². The second-order valence-electron chi connectivity index (χ2n) is 22.0. The number of rotatable bonds is 54. The van der Waals surface area contributed by atoms with E-state index in [-0.39, 0.29) is 88.6 Å². The lowest BCUT2D eigenvalue weighted by Gasteiger charge is -2.34. The number of ether oxygens (including phenoxy) is 5. The predicted octanol–water partition coefficient (Wildman–Crippen LogP) is 14.3. The van der Waals surface area contributed by atoms with E-state index in [4.69, 9.17) is 23.7 Å². The van der Waals surface area contributed by atoms with Gasteiger partial charge in [0.1, 0.15) is 32.0 Å². The number of carbonyl (C=O) groups is 5. The molecule has 1 aliphatic rings. The summed E-state index contributed by atoms with van der Waals surface area (Å²) < 4.78 is 28.9. The van der Waals surface area contributed by atoms with Crippen LogP contribution in [0, 0.1) is 5.92 Å². The maximum Gasteiger partial charge on any atom is 0.306 e. The molecule has 0 aromatic carbocycles. The normalized spacial score (nSPS) is 13.2. The zero-order chi connectivity index (χ0) is 54.7. The van der Waals surface area contributed by atoms with Crippen molar-refractivity contribution in [1.29, 1.82) is 0 Å². The third-order valence-electron chi connectivity index (χ3n) is 14.8. The van der Waals surface area contributed by atoms with Crippen LogP contribution in [0.4, 0.5) is 0 Å². The summed E-state index contributed by atoms with van der Waals surface area (Å²) in [5, 5.41) is 9.21. The summed E-state index contributed by atoms with van der Waals surface area (Å²) >= 11 is 0. The molecule has 0 bridgehead atoms. The molecule has 13 nitrogen and oxygen atoms in total. The van der Waals surface area contributed by atoms with Crippen LogP contribution in [0.3, 0.4) is 0 Å². The number of β-amino-alcohol motifs (C(OH)–C–C–N with tert-alkyl or cyclic N) is 1. The van der Waals surface area contributed by atoms with Crippen molar-refractivity contribution in [2.45, 2.75) is 297 Å². The van der Waals surface area contributed by atoms with E-state index in [1.54, 1.807) is 0 Å². The first-order valence-corrected chi connectivity index (χ1v) is 31.5. The van der Waals surface area contributed by atoms with Crippen LogP contribution in [0.1, 0.15) is 285 Å². The molecule has 1 saturated heterocycles. The van der Waals surface area contributed by atoms with E-state index in [9.17, 15) is 29.1 Å². The molecule has 1 rings (SSSR count). The lowest BCUT2D eigenvalue weighted by molar-refractivity contribution is -0.155. The van der Waals surface area contributed by atoms with Gasteiger partial charge in [0.25, 0.3) is 0 Å². The highest BCUT2D eigenvalue weighted by Gasteiger charge is 2.21. The molecular weight excluding hydrogens is 949 g/mol. The van der Waals surface area contributed by atoms with Crippen LogP contribution in [0.5, 0.6) is 0 Å². The molecule has 440 valence electrons. The maximum atomic E-state index is 12.9. The van der Waals surface area contributed by atoms with Crippen molar-refractivity contribution in [2.75, 3.05) is 65.7 Å². The van der Waals surface area contributed by atoms with Gasteiger partial charge in [-0.1, -0.05) is 163 Å². The van der Waals surface area contributed by atoms with Crippen molar-refractivity contribution >= 4 is 29.8 Å². The SMILES string of the molecule is CCCCCCCCC(CCCCCCCC)OC(=O)CCCCC(=O)OCC(COC(=O)CCCCCN1CCN(CCO)CC1)COC(=O)CCCCC(=O)OC(CCCCCCCC)CCCCCCCC. The van der Waals surface area contributed by atoms with Crippen LogP contribution in [0.2, 0.25) is 0 Å². The van der Waals surface area contributed by atoms with E-state index < -0.39 is 17.9 Å². The second-order valence-corrected chi connectivity index (χ2v) is 22.0. The highest BCUT2D eigenvalue weighted by atomic mass is 16.6. The van der Waals surface area contributed by atoms with E-state index >= 15 is 0 Å². The second kappa shape index (κ2) is 52.0. The molecule has 0 atom stereocenters. The van der Waals surface area contributed by atoms with E-state index in [1.807, 2.05) is 0 Å². The molecule has 0 aliphatic carbocycles. The monoisotopic (exact) mass is 1060 g/mol. The van der Waals surface area contributed by atoms with E-state index in [0.29, 0.717) is 32.1 Å². The maximum absolute atomic E-state index is 12.9. The molecule has 1 heterocycles. The molecule has 0 unspecified atom stereocenters. The minimum Gasteiger partial charge on any atom is -0.465 e. The van der Waals surface area contributed by atoms with Gasteiger partial charge in [-0.05, 0) is 96.4 Å². The Hall–Kier alpha value is -2.77. The molecule has 0 radical (unpaired) electrons. The van der Waals surface area contributed by atoms with Gasteiger partial charge in [0.2, 0.25) is 0 Å². The predicted molar refractivity (Wildman–Crippen MR) is 303 cm³/mol. The number of nitrogens with zero attached hydrogens (tertiary/aromatic N) is 2. The van der Waals surface area contributed by atoms with Gasteiger partial charge in [-0.3, -0.25) is 28.9 Å². The average Bonchev–Trinajstić information content (AvgIpc) is 3.40. The Balaban J connectivity index is 2.64. The highest BCUT2D eigenvalue weighted by molar-refractivity contribution is 5.71. The third-order valence-corrected chi connectivity index (χ3v) is 14.8. The fourth-order valence-electron chi connectivity index (χ4n) is 9.85. The van der Waals surface area contributed by atoms with Crippen molar-refractivity contribution in [3.63, 3.8) is 0 Å². The van der Waals surface area contributed by atoms with Gasteiger partial charge in [-0.25, -0.2) is 0 Å². The number of esters is 5. The van der Waals surface area contributed by atoms with E-state index in [2.05, 4.69) is 37.5 Å². The van der Waals surface area contributed by atoms with Crippen LogP contribution in [0.25, 0.3) is 0 Å². The van der Waals surface area contributed by atoms with Crippen molar-refractivity contribution in [3.05, 3.63) is 0 Å². The molecule has 0 saturated carbocycles. The van der Waals surface area contributed by atoms with Crippen LogP contribution < -0.4 is 0 Å². The van der Waals surface area contributed by atoms with Crippen LogP contribution in [-0.4, -0.2) is 123 Å². The summed E-state index contributed by atoms with van der Waals surface area (Å²) in [6.45, 7) is 14.5. The Morgan fingerprint density at radius 2 is 0.613 bits per heavy atom. The summed E-state index contributed by atoms with van der Waals surface area (Å²) in [6, 6.07) is 0. The Morgan fingerprint density at radius 3 is 0.933 bits per heavy atom. The molecule has 75 heavy (non-hydrogen) atoms. The van der Waals surface area contributed by atoms with Gasteiger partial charge in [-0.2, -0.15) is 0 Å². The van der Waals surface area contributed by atoms with Crippen molar-refractivity contribution in [3.8, 4) is 0 Å². The average molecular weight is 1070 g/mol. The van der Waals surface area contributed by atoms with Crippen LogP contribution in [0.15, 0.2) is 0 Å².